The Kier molecular flexibility index (Phi) is 5.79. The molecule has 1 heterocycles. The van der Waals surface area contributed by atoms with Crippen LogP contribution < -0.4 is 5.32 Å². The first-order valence-corrected chi connectivity index (χ1v) is 8.76. The van der Waals surface area contributed by atoms with Crippen molar-refractivity contribution in [2.45, 2.75) is 20.8 Å². The van der Waals surface area contributed by atoms with Crippen LogP contribution in [0.3, 0.4) is 0 Å². The highest BCUT2D eigenvalue weighted by molar-refractivity contribution is 7.03. The van der Waals surface area contributed by atoms with Crippen molar-refractivity contribution in [3.05, 3.63) is 46.5 Å². The van der Waals surface area contributed by atoms with Crippen LogP contribution in [0.1, 0.15) is 40.1 Å². The zero-order valence-corrected chi connectivity index (χ0v) is 15.7. The van der Waals surface area contributed by atoms with Gasteiger partial charge in [-0.1, -0.05) is 13.8 Å². The fraction of sp³-hybridized carbons (Fsp3) is 0.389. The third-order valence-electron chi connectivity index (χ3n) is 3.88. The molecule has 0 atom stereocenters. The Morgan fingerprint density at radius 3 is 2.64 bits per heavy atom. The van der Waals surface area contributed by atoms with Gasteiger partial charge < -0.3 is 15.3 Å². The molecule has 1 aromatic carbocycles. The summed E-state index contributed by atoms with van der Waals surface area (Å²) in [4.78, 5) is 26.2. The molecule has 7 heteroatoms. The van der Waals surface area contributed by atoms with E-state index in [-0.39, 0.29) is 23.0 Å². The number of aromatic hydroxyl groups is 1. The monoisotopic (exact) mass is 361 g/mol. The largest absolute Gasteiger partial charge is 0.508 e. The maximum Gasteiger partial charge on any atom is 0.253 e. The highest BCUT2D eigenvalue weighted by Crippen LogP contribution is 2.20. The van der Waals surface area contributed by atoms with Gasteiger partial charge in [0.1, 0.15) is 5.75 Å². The minimum atomic E-state index is -0.296. The Hall–Kier alpha value is -2.41. The van der Waals surface area contributed by atoms with Crippen molar-refractivity contribution >= 4 is 23.3 Å². The van der Waals surface area contributed by atoms with E-state index >= 15 is 0 Å². The van der Waals surface area contributed by atoms with E-state index in [1.807, 2.05) is 13.8 Å². The number of benzene rings is 1. The molecule has 2 rings (SSSR count). The second-order valence-electron chi connectivity index (χ2n) is 6.92. The van der Waals surface area contributed by atoms with Crippen molar-refractivity contribution in [1.29, 1.82) is 0 Å². The van der Waals surface area contributed by atoms with Gasteiger partial charge in [-0.25, -0.2) is 4.37 Å². The van der Waals surface area contributed by atoms with Crippen LogP contribution in [-0.2, 0) is 0 Å². The maximum atomic E-state index is 12.6. The topological polar surface area (TPSA) is 82.5 Å². The fourth-order valence-corrected chi connectivity index (χ4v) is 3.03. The van der Waals surface area contributed by atoms with E-state index in [0.29, 0.717) is 29.8 Å². The SMILES string of the molecule is Cc1cc(C(=O)N(C)CC(C)(C)CNC(=O)c2cnsc2)ccc1O. The van der Waals surface area contributed by atoms with Gasteiger partial charge in [-0.2, -0.15) is 0 Å². The number of aromatic nitrogens is 1. The van der Waals surface area contributed by atoms with Crippen LogP contribution in [0.4, 0.5) is 0 Å². The van der Waals surface area contributed by atoms with Crippen LogP contribution in [0.5, 0.6) is 5.75 Å². The first kappa shape index (κ1) is 18.9. The van der Waals surface area contributed by atoms with Crippen LogP contribution >= 0.6 is 11.5 Å². The number of nitrogens with zero attached hydrogens (tertiary/aromatic N) is 2. The molecule has 0 saturated heterocycles. The number of aryl methyl sites for hydroxylation is 1. The summed E-state index contributed by atoms with van der Waals surface area (Å²) in [5.74, 6) is -0.111. The average molecular weight is 361 g/mol. The van der Waals surface area contributed by atoms with Gasteiger partial charge in [0.15, 0.2) is 0 Å². The highest BCUT2D eigenvalue weighted by Gasteiger charge is 2.24. The summed E-state index contributed by atoms with van der Waals surface area (Å²) in [6.07, 6.45) is 1.54. The van der Waals surface area contributed by atoms with Gasteiger partial charge in [-0.3, -0.25) is 9.59 Å². The van der Waals surface area contributed by atoms with E-state index in [0.717, 1.165) is 0 Å². The second-order valence-corrected chi connectivity index (χ2v) is 7.58. The quantitative estimate of drug-likeness (QED) is 0.829. The number of amides is 2. The molecule has 25 heavy (non-hydrogen) atoms. The normalized spacial score (nSPS) is 11.2. The lowest BCUT2D eigenvalue weighted by molar-refractivity contribution is 0.0730. The van der Waals surface area contributed by atoms with E-state index in [1.165, 1.54) is 23.8 Å². The van der Waals surface area contributed by atoms with Crippen LogP contribution in [-0.4, -0.2) is 46.3 Å². The standard InChI is InChI=1S/C18H23N3O3S/c1-12-7-13(5-6-15(12)22)17(24)21(4)11-18(2,3)10-19-16(23)14-8-20-25-9-14/h5-9,22H,10-11H2,1-4H3,(H,19,23). The van der Waals surface area contributed by atoms with Crippen molar-refractivity contribution in [2.24, 2.45) is 5.41 Å². The van der Waals surface area contributed by atoms with Crippen molar-refractivity contribution in [3.63, 3.8) is 0 Å². The van der Waals surface area contributed by atoms with Gasteiger partial charge in [-0.05, 0) is 47.6 Å². The van der Waals surface area contributed by atoms with Gasteiger partial charge in [0, 0.05) is 31.1 Å². The lowest BCUT2D eigenvalue weighted by Crippen LogP contribution is -2.42. The van der Waals surface area contributed by atoms with E-state index < -0.39 is 0 Å². The Bertz CT molecular complexity index is 757. The average Bonchev–Trinajstić information content (AvgIpc) is 3.08. The van der Waals surface area contributed by atoms with E-state index in [4.69, 9.17) is 0 Å². The Morgan fingerprint density at radius 2 is 2.04 bits per heavy atom. The predicted molar refractivity (Wildman–Crippen MR) is 98.0 cm³/mol. The lowest BCUT2D eigenvalue weighted by Gasteiger charge is -2.30. The summed E-state index contributed by atoms with van der Waals surface area (Å²) in [5.41, 5.74) is 1.44. The minimum Gasteiger partial charge on any atom is -0.508 e. The molecule has 0 spiro atoms. The lowest BCUT2D eigenvalue weighted by atomic mass is 9.92. The number of hydrogen-bond donors (Lipinski definition) is 2. The Labute approximate surface area is 151 Å². The van der Waals surface area contributed by atoms with Gasteiger partial charge in [0.05, 0.1) is 11.8 Å². The number of nitrogens with one attached hydrogen (secondary N) is 1. The molecule has 2 N–H and O–H groups in total. The Balaban J connectivity index is 1.95. The van der Waals surface area contributed by atoms with Gasteiger partial charge in [-0.15, -0.1) is 0 Å². The summed E-state index contributed by atoms with van der Waals surface area (Å²) in [6.45, 7) is 6.66. The van der Waals surface area contributed by atoms with Crippen molar-refractivity contribution < 1.29 is 14.7 Å². The highest BCUT2D eigenvalue weighted by atomic mass is 32.1. The molecule has 0 aliphatic rings. The molecular weight excluding hydrogens is 338 g/mol. The molecule has 0 radical (unpaired) electrons. The van der Waals surface area contributed by atoms with Crippen molar-refractivity contribution in [2.75, 3.05) is 20.1 Å². The van der Waals surface area contributed by atoms with Crippen molar-refractivity contribution in [1.82, 2.24) is 14.6 Å². The molecule has 0 aliphatic heterocycles. The van der Waals surface area contributed by atoms with Crippen LogP contribution in [0, 0.1) is 12.3 Å². The minimum absolute atomic E-state index is 0.121. The third-order valence-corrected chi connectivity index (χ3v) is 4.46. The first-order valence-electron chi connectivity index (χ1n) is 7.92. The molecule has 2 amide bonds. The van der Waals surface area contributed by atoms with Gasteiger partial charge >= 0.3 is 0 Å². The Morgan fingerprint density at radius 1 is 1.32 bits per heavy atom. The molecule has 0 aliphatic carbocycles. The maximum absolute atomic E-state index is 12.6. The first-order chi connectivity index (χ1) is 11.7. The molecule has 0 saturated carbocycles. The summed E-state index contributed by atoms with van der Waals surface area (Å²) >= 11 is 1.23. The number of phenols is 1. The zero-order valence-electron chi connectivity index (χ0n) is 14.9. The number of hydrogen-bond acceptors (Lipinski definition) is 5. The van der Waals surface area contributed by atoms with Gasteiger partial charge in [0.2, 0.25) is 0 Å². The molecule has 2 aromatic rings. The third kappa shape index (κ3) is 5.03. The summed E-state index contributed by atoms with van der Waals surface area (Å²) in [6, 6.07) is 4.81. The molecule has 134 valence electrons. The van der Waals surface area contributed by atoms with Crippen molar-refractivity contribution in [3.8, 4) is 5.75 Å². The zero-order chi connectivity index (χ0) is 18.6. The number of carbonyl (C=O) groups excluding carboxylic acids is 2. The van der Waals surface area contributed by atoms with Crippen LogP contribution in [0.2, 0.25) is 0 Å². The second kappa shape index (κ2) is 7.65. The van der Waals surface area contributed by atoms with Crippen LogP contribution in [0.25, 0.3) is 0 Å². The summed E-state index contributed by atoms with van der Waals surface area (Å²) in [5, 5.41) is 14.2. The molecular formula is C18H23N3O3S. The smallest absolute Gasteiger partial charge is 0.253 e. The van der Waals surface area contributed by atoms with Crippen LogP contribution in [0.15, 0.2) is 29.8 Å². The molecule has 1 aromatic heterocycles. The van der Waals surface area contributed by atoms with Gasteiger partial charge in [0.25, 0.3) is 11.8 Å². The summed E-state index contributed by atoms with van der Waals surface area (Å²) < 4.78 is 3.92. The molecule has 0 bridgehead atoms. The van der Waals surface area contributed by atoms with E-state index in [2.05, 4.69) is 9.69 Å². The predicted octanol–water partition coefficient (Wildman–Crippen LogP) is 2.69. The molecule has 6 nitrogen and oxygen atoms in total. The van der Waals surface area contributed by atoms with E-state index in [9.17, 15) is 14.7 Å². The van der Waals surface area contributed by atoms with E-state index in [1.54, 1.807) is 36.4 Å². The number of rotatable bonds is 6. The molecule has 0 fully saturated rings. The summed E-state index contributed by atoms with van der Waals surface area (Å²) in [7, 11) is 1.73. The number of phenolic OH excluding ortho intramolecular Hbond substituents is 1. The fourth-order valence-electron chi connectivity index (χ4n) is 2.52. The number of carbonyl (C=O) groups is 2. The molecule has 0 unspecified atom stereocenters.